The molecule has 0 radical (unpaired) electrons. The Balaban J connectivity index is 1.81. The first-order chi connectivity index (χ1) is 12.0. The molecule has 1 aliphatic carbocycles. The van der Waals surface area contributed by atoms with Crippen molar-refractivity contribution in [3.8, 4) is 0 Å². The fourth-order valence-electron chi connectivity index (χ4n) is 3.83. The number of nitrogens with one attached hydrogen (secondary N) is 1. The molecule has 0 heterocycles. The molecule has 0 aliphatic heterocycles. The van der Waals surface area contributed by atoms with Crippen LogP contribution in [0.15, 0.2) is 48.5 Å². The second-order valence-corrected chi connectivity index (χ2v) is 7.31. The SMILES string of the molecule is Cc1cccc(C(NC2CCC(C(=O)O)CC2)c2cccc(C)c2)c1. The first kappa shape index (κ1) is 17.7. The molecule has 0 spiro atoms. The second kappa shape index (κ2) is 7.83. The number of aliphatic carboxylic acids is 1. The molecule has 0 saturated heterocycles. The van der Waals surface area contributed by atoms with Crippen molar-refractivity contribution >= 4 is 5.97 Å². The molecule has 0 aromatic heterocycles. The average molecular weight is 337 g/mol. The Morgan fingerprint density at radius 1 is 0.960 bits per heavy atom. The largest absolute Gasteiger partial charge is 0.481 e. The summed E-state index contributed by atoms with van der Waals surface area (Å²) in [4.78, 5) is 11.2. The minimum atomic E-state index is -0.646. The highest BCUT2D eigenvalue weighted by Gasteiger charge is 2.28. The van der Waals surface area contributed by atoms with Gasteiger partial charge in [0.15, 0.2) is 0 Å². The van der Waals surface area contributed by atoms with Gasteiger partial charge >= 0.3 is 5.97 Å². The van der Waals surface area contributed by atoms with E-state index in [1.165, 1.54) is 22.3 Å². The van der Waals surface area contributed by atoms with Crippen molar-refractivity contribution in [1.82, 2.24) is 5.32 Å². The summed E-state index contributed by atoms with van der Waals surface area (Å²) in [6.07, 6.45) is 3.37. The third kappa shape index (κ3) is 4.49. The predicted molar refractivity (Wildman–Crippen MR) is 101 cm³/mol. The van der Waals surface area contributed by atoms with Gasteiger partial charge in [0.05, 0.1) is 12.0 Å². The molecular formula is C22H27NO2. The van der Waals surface area contributed by atoms with E-state index < -0.39 is 5.97 Å². The summed E-state index contributed by atoms with van der Waals surface area (Å²) in [5, 5.41) is 13.0. The van der Waals surface area contributed by atoms with Crippen LogP contribution in [0.4, 0.5) is 0 Å². The fraction of sp³-hybridized carbons (Fsp3) is 0.409. The van der Waals surface area contributed by atoms with Gasteiger partial charge in [-0.05, 0) is 50.7 Å². The number of hydrogen-bond acceptors (Lipinski definition) is 2. The van der Waals surface area contributed by atoms with E-state index in [-0.39, 0.29) is 12.0 Å². The number of benzene rings is 2. The summed E-state index contributed by atoms with van der Waals surface area (Å²) in [5.74, 6) is -0.818. The minimum Gasteiger partial charge on any atom is -0.481 e. The lowest BCUT2D eigenvalue weighted by atomic mass is 9.85. The lowest BCUT2D eigenvalue weighted by Gasteiger charge is -2.31. The third-order valence-electron chi connectivity index (χ3n) is 5.23. The third-order valence-corrected chi connectivity index (χ3v) is 5.23. The summed E-state index contributed by atoms with van der Waals surface area (Å²) in [6, 6.07) is 17.8. The van der Waals surface area contributed by atoms with Crippen LogP contribution in [-0.2, 0) is 4.79 Å². The van der Waals surface area contributed by atoms with E-state index in [2.05, 4.69) is 67.7 Å². The first-order valence-corrected chi connectivity index (χ1v) is 9.15. The number of carboxylic acids is 1. The van der Waals surface area contributed by atoms with E-state index in [1.807, 2.05) is 0 Å². The summed E-state index contributed by atoms with van der Waals surface area (Å²) in [5.41, 5.74) is 5.05. The number of rotatable bonds is 5. The topological polar surface area (TPSA) is 49.3 Å². The van der Waals surface area contributed by atoms with Crippen LogP contribution in [0.2, 0.25) is 0 Å². The molecule has 3 nitrogen and oxygen atoms in total. The lowest BCUT2D eigenvalue weighted by molar-refractivity contribution is -0.142. The van der Waals surface area contributed by atoms with Crippen LogP contribution >= 0.6 is 0 Å². The summed E-state index contributed by atoms with van der Waals surface area (Å²) in [7, 11) is 0. The Kier molecular flexibility index (Phi) is 5.54. The van der Waals surface area contributed by atoms with Crippen molar-refractivity contribution in [1.29, 1.82) is 0 Å². The van der Waals surface area contributed by atoms with Crippen molar-refractivity contribution in [2.24, 2.45) is 5.92 Å². The normalized spacial score (nSPS) is 20.6. The Labute approximate surface area is 150 Å². The van der Waals surface area contributed by atoms with Crippen molar-refractivity contribution < 1.29 is 9.90 Å². The van der Waals surface area contributed by atoms with E-state index in [4.69, 9.17) is 0 Å². The van der Waals surface area contributed by atoms with Crippen LogP contribution in [0.3, 0.4) is 0 Å². The van der Waals surface area contributed by atoms with Crippen molar-refractivity contribution in [2.75, 3.05) is 0 Å². The summed E-state index contributed by atoms with van der Waals surface area (Å²) in [6.45, 7) is 4.24. The van der Waals surface area contributed by atoms with Gasteiger partial charge in [-0.1, -0.05) is 59.7 Å². The zero-order valence-electron chi connectivity index (χ0n) is 15.0. The molecule has 1 aliphatic rings. The van der Waals surface area contributed by atoms with Gasteiger partial charge in [-0.2, -0.15) is 0 Å². The van der Waals surface area contributed by atoms with Crippen LogP contribution in [0.25, 0.3) is 0 Å². The van der Waals surface area contributed by atoms with Gasteiger partial charge in [-0.3, -0.25) is 4.79 Å². The van der Waals surface area contributed by atoms with E-state index in [9.17, 15) is 9.90 Å². The van der Waals surface area contributed by atoms with Crippen LogP contribution in [0.1, 0.15) is 54.0 Å². The molecule has 132 valence electrons. The monoisotopic (exact) mass is 337 g/mol. The van der Waals surface area contributed by atoms with Gasteiger partial charge in [0, 0.05) is 6.04 Å². The second-order valence-electron chi connectivity index (χ2n) is 7.31. The van der Waals surface area contributed by atoms with Crippen molar-refractivity contribution in [3.05, 3.63) is 70.8 Å². The van der Waals surface area contributed by atoms with E-state index in [1.54, 1.807) is 0 Å². The molecule has 0 amide bonds. The van der Waals surface area contributed by atoms with Gasteiger partial charge in [0.25, 0.3) is 0 Å². The Morgan fingerprint density at radius 2 is 1.48 bits per heavy atom. The standard InChI is InChI=1S/C22H27NO2/c1-15-5-3-7-18(13-15)21(19-8-4-6-16(2)14-19)23-20-11-9-17(10-12-20)22(24)25/h3-8,13-14,17,20-21,23H,9-12H2,1-2H3,(H,24,25). The average Bonchev–Trinajstić information content (AvgIpc) is 2.60. The molecule has 0 atom stereocenters. The van der Waals surface area contributed by atoms with Crippen molar-refractivity contribution in [2.45, 2.75) is 51.6 Å². The Morgan fingerprint density at radius 3 is 1.92 bits per heavy atom. The maximum atomic E-state index is 11.2. The number of carbonyl (C=O) groups is 1. The smallest absolute Gasteiger partial charge is 0.306 e. The summed E-state index contributed by atoms with van der Waals surface area (Å²) < 4.78 is 0. The predicted octanol–water partition coefficient (Wildman–Crippen LogP) is 4.63. The van der Waals surface area contributed by atoms with Gasteiger partial charge in [-0.15, -0.1) is 0 Å². The molecule has 25 heavy (non-hydrogen) atoms. The molecule has 0 unspecified atom stereocenters. The van der Waals surface area contributed by atoms with Crippen LogP contribution in [0.5, 0.6) is 0 Å². The molecule has 2 aromatic carbocycles. The fourth-order valence-corrected chi connectivity index (χ4v) is 3.83. The van der Waals surface area contributed by atoms with Crippen LogP contribution in [0, 0.1) is 19.8 Å². The van der Waals surface area contributed by atoms with E-state index in [0.717, 1.165) is 25.7 Å². The highest BCUT2D eigenvalue weighted by molar-refractivity contribution is 5.70. The van der Waals surface area contributed by atoms with Crippen LogP contribution in [-0.4, -0.2) is 17.1 Å². The molecule has 0 bridgehead atoms. The lowest BCUT2D eigenvalue weighted by Crippen LogP contribution is -2.37. The van der Waals surface area contributed by atoms with Crippen molar-refractivity contribution in [3.63, 3.8) is 0 Å². The molecule has 3 heteroatoms. The zero-order valence-corrected chi connectivity index (χ0v) is 15.0. The zero-order chi connectivity index (χ0) is 17.8. The highest BCUT2D eigenvalue weighted by atomic mass is 16.4. The number of carboxylic acid groups (broad SMARTS) is 1. The number of hydrogen-bond donors (Lipinski definition) is 2. The number of aryl methyl sites for hydroxylation is 2. The van der Waals surface area contributed by atoms with Gasteiger partial charge in [0.2, 0.25) is 0 Å². The quantitative estimate of drug-likeness (QED) is 0.836. The highest BCUT2D eigenvalue weighted by Crippen LogP contribution is 2.29. The first-order valence-electron chi connectivity index (χ1n) is 9.15. The maximum Gasteiger partial charge on any atom is 0.306 e. The molecule has 1 saturated carbocycles. The molecule has 1 fully saturated rings. The minimum absolute atomic E-state index is 0.145. The van der Waals surface area contributed by atoms with Crippen LogP contribution < -0.4 is 5.32 Å². The van der Waals surface area contributed by atoms with Gasteiger partial charge in [0.1, 0.15) is 0 Å². The maximum absolute atomic E-state index is 11.2. The Bertz CT molecular complexity index is 687. The summed E-state index contributed by atoms with van der Waals surface area (Å²) >= 11 is 0. The molecule has 3 rings (SSSR count). The van der Waals surface area contributed by atoms with Gasteiger partial charge in [-0.25, -0.2) is 0 Å². The Hall–Kier alpha value is -2.13. The van der Waals surface area contributed by atoms with E-state index in [0.29, 0.717) is 6.04 Å². The van der Waals surface area contributed by atoms with E-state index >= 15 is 0 Å². The van der Waals surface area contributed by atoms with Gasteiger partial charge < -0.3 is 10.4 Å². The molecular weight excluding hydrogens is 310 g/mol. The molecule has 2 aromatic rings. The molecule has 2 N–H and O–H groups in total.